The number of halogens is 1. The van der Waals surface area contributed by atoms with Gasteiger partial charge in [0, 0.05) is 10.9 Å². The second-order valence-corrected chi connectivity index (χ2v) is 6.15. The molecule has 0 atom stereocenters. The Labute approximate surface area is 145 Å². The summed E-state index contributed by atoms with van der Waals surface area (Å²) in [6.07, 6.45) is 2.08. The van der Waals surface area contributed by atoms with Crippen molar-refractivity contribution in [3.05, 3.63) is 23.8 Å². The molecule has 1 aromatic heterocycles. The van der Waals surface area contributed by atoms with Gasteiger partial charge in [-0.05, 0) is 38.5 Å². The molecular formula is C16H20ClN5O2. The number of methoxy groups -OCH3 is 1. The minimum atomic E-state index is -0.420. The zero-order valence-corrected chi connectivity index (χ0v) is 14.7. The summed E-state index contributed by atoms with van der Waals surface area (Å²) in [4.78, 5) is 0. The number of nitrogens with zero attached hydrogens (tertiary/aromatic N) is 3. The average molecular weight is 350 g/mol. The van der Waals surface area contributed by atoms with E-state index in [2.05, 4.69) is 16.3 Å². The summed E-state index contributed by atoms with van der Waals surface area (Å²) in [5, 5.41) is 26.2. The third kappa shape index (κ3) is 2.50. The van der Waals surface area contributed by atoms with Gasteiger partial charge in [-0.25, -0.2) is 0 Å². The number of aromatic hydroxyl groups is 1. The first kappa shape index (κ1) is 17.8. The SMILES string of the molecule is COc1cc2c3c(c1)c(N=NC(=N)N)c(O)n3C(C)(C)C=C2C.Cl. The summed E-state index contributed by atoms with van der Waals surface area (Å²) in [7, 11) is 1.59. The zero-order valence-electron chi connectivity index (χ0n) is 13.9. The molecule has 0 bridgehead atoms. The van der Waals surface area contributed by atoms with Gasteiger partial charge < -0.3 is 20.1 Å². The van der Waals surface area contributed by atoms with E-state index in [-0.39, 0.29) is 24.0 Å². The van der Waals surface area contributed by atoms with E-state index in [9.17, 15) is 5.11 Å². The Morgan fingerprint density at radius 1 is 1.38 bits per heavy atom. The highest BCUT2D eigenvalue weighted by Crippen LogP contribution is 2.49. The minimum Gasteiger partial charge on any atom is -0.497 e. The molecule has 2 heterocycles. The van der Waals surface area contributed by atoms with Gasteiger partial charge in [-0.3, -0.25) is 5.41 Å². The number of hydrogen-bond acceptors (Lipinski definition) is 4. The standard InChI is InChI=1S/C16H19N5O2.ClH/c1-8-7-16(2,3)21-13-10(8)5-9(23-4)6-11(13)12(14(21)22)19-20-15(17)18;/h5-7,22H,1-4H3,(H3,17,18);1H. The minimum absolute atomic E-state index is 0. The van der Waals surface area contributed by atoms with E-state index in [4.69, 9.17) is 15.9 Å². The number of azo groups is 1. The van der Waals surface area contributed by atoms with E-state index in [1.54, 1.807) is 13.2 Å². The van der Waals surface area contributed by atoms with E-state index in [0.717, 1.165) is 16.7 Å². The van der Waals surface area contributed by atoms with Crippen LogP contribution >= 0.6 is 12.4 Å². The number of benzene rings is 1. The predicted octanol–water partition coefficient (Wildman–Crippen LogP) is 3.91. The van der Waals surface area contributed by atoms with Crippen LogP contribution in [0.2, 0.25) is 0 Å². The Hall–Kier alpha value is -2.54. The molecular weight excluding hydrogens is 330 g/mol. The molecule has 7 nitrogen and oxygen atoms in total. The van der Waals surface area contributed by atoms with Crippen molar-refractivity contribution in [1.29, 1.82) is 5.41 Å². The molecule has 0 fully saturated rings. The monoisotopic (exact) mass is 349 g/mol. The van der Waals surface area contributed by atoms with Gasteiger partial charge in [0.2, 0.25) is 11.8 Å². The molecule has 1 aromatic carbocycles. The lowest BCUT2D eigenvalue weighted by atomic mass is 9.92. The van der Waals surface area contributed by atoms with E-state index < -0.39 is 11.5 Å². The molecule has 0 radical (unpaired) electrons. The van der Waals surface area contributed by atoms with Crippen molar-refractivity contribution in [2.75, 3.05) is 7.11 Å². The Bertz CT molecular complexity index is 896. The Kier molecular flexibility index (Phi) is 4.32. The van der Waals surface area contributed by atoms with Crippen LogP contribution in [0.1, 0.15) is 26.3 Å². The number of guanidine groups is 1. The summed E-state index contributed by atoms with van der Waals surface area (Å²) < 4.78 is 7.18. The van der Waals surface area contributed by atoms with Crippen LogP contribution in [-0.2, 0) is 5.54 Å². The summed E-state index contributed by atoms with van der Waals surface area (Å²) in [5.74, 6) is 0.237. The first-order valence-electron chi connectivity index (χ1n) is 7.17. The first-order chi connectivity index (χ1) is 10.8. The smallest absolute Gasteiger partial charge is 0.232 e. The van der Waals surface area contributed by atoms with Crippen LogP contribution < -0.4 is 10.5 Å². The van der Waals surface area contributed by atoms with Crippen LogP contribution in [0.15, 0.2) is 28.4 Å². The van der Waals surface area contributed by atoms with E-state index >= 15 is 0 Å². The molecule has 0 spiro atoms. The van der Waals surface area contributed by atoms with Gasteiger partial charge in [0.25, 0.3) is 0 Å². The fourth-order valence-corrected chi connectivity index (χ4v) is 3.22. The van der Waals surface area contributed by atoms with E-state index in [1.165, 1.54) is 0 Å². The fraction of sp³-hybridized carbons (Fsp3) is 0.312. The van der Waals surface area contributed by atoms with Gasteiger partial charge in [-0.15, -0.1) is 22.6 Å². The lowest BCUT2D eigenvalue weighted by Gasteiger charge is -2.31. The molecule has 8 heteroatoms. The summed E-state index contributed by atoms with van der Waals surface area (Å²) in [5.41, 5.74) is 8.05. The molecule has 0 saturated carbocycles. The van der Waals surface area contributed by atoms with Gasteiger partial charge in [0.05, 0.1) is 18.2 Å². The third-order valence-electron chi connectivity index (χ3n) is 4.05. The second kappa shape index (κ2) is 5.83. The van der Waals surface area contributed by atoms with Crippen LogP contribution in [-0.4, -0.2) is 22.7 Å². The first-order valence-corrected chi connectivity index (χ1v) is 7.17. The largest absolute Gasteiger partial charge is 0.497 e. The fourth-order valence-electron chi connectivity index (χ4n) is 3.22. The highest BCUT2D eigenvalue weighted by molar-refractivity contribution is 6.03. The Balaban J connectivity index is 0.00000208. The number of allylic oxidation sites excluding steroid dienone is 2. The van der Waals surface area contributed by atoms with E-state index in [1.807, 2.05) is 31.4 Å². The van der Waals surface area contributed by atoms with Crippen LogP contribution in [0, 0.1) is 5.41 Å². The molecule has 1 aliphatic rings. The van der Waals surface area contributed by atoms with Crippen molar-refractivity contribution < 1.29 is 9.84 Å². The van der Waals surface area contributed by atoms with Crippen molar-refractivity contribution in [3.8, 4) is 11.6 Å². The van der Waals surface area contributed by atoms with Gasteiger partial charge in [-0.2, -0.15) is 0 Å². The number of nitrogens with two attached hydrogens (primary N) is 1. The molecule has 2 aromatic rings. The number of rotatable bonds is 2. The van der Waals surface area contributed by atoms with Crippen molar-refractivity contribution >= 4 is 40.5 Å². The highest BCUT2D eigenvalue weighted by atomic mass is 35.5. The van der Waals surface area contributed by atoms with Crippen LogP contribution in [0.4, 0.5) is 5.69 Å². The average Bonchev–Trinajstić information content (AvgIpc) is 2.74. The second-order valence-electron chi connectivity index (χ2n) is 6.15. The molecule has 1 aliphatic heterocycles. The predicted molar refractivity (Wildman–Crippen MR) is 96.8 cm³/mol. The molecule has 4 N–H and O–H groups in total. The molecule has 0 unspecified atom stereocenters. The highest BCUT2D eigenvalue weighted by Gasteiger charge is 2.32. The van der Waals surface area contributed by atoms with Gasteiger partial charge in [0.1, 0.15) is 5.75 Å². The van der Waals surface area contributed by atoms with Crippen molar-refractivity contribution in [2.24, 2.45) is 16.0 Å². The Morgan fingerprint density at radius 3 is 2.62 bits per heavy atom. The number of ether oxygens (including phenoxy) is 1. The normalized spacial score (nSPS) is 15.2. The van der Waals surface area contributed by atoms with Crippen LogP contribution in [0.3, 0.4) is 0 Å². The maximum Gasteiger partial charge on any atom is 0.232 e. The van der Waals surface area contributed by atoms with Crippen molar-refractivity contribution in [3.63, 3.8) is 0 Å². The van der Waals surface area contributed by atoms with Crippen molar-refractivity contribution in [2.45, 2.75) is 26.3 Å². The van der Waals surface area contributed by atoms with Gasteiger partial charge >= 0.3 is 0 Å². The molecule has 128 valence electrons. The van der Waals surface area contributed by atoms with Gasteiger partial charge in [0.15, 0.2) is 5.69 Å². The quantitative estimate of drug-likeness (QED) is 0.434. The molecule has 0 amide bonds. The van der Waals surface area contributed by atoms with E-state index in [0.29, 0.717) is 11.1 Å². The maximum absolute atomic E-state index is 10.7. The topological polar surface area (TPSA) is 109 Å². The van der Waals surface area contributed by atoms with Crippen LogP contribution in [0.25, 0.3) is 16.5 Å². The Morgan fingerprint density at radius 2 is 2.04 bits per heavy atom. The summed E-state index contributed by atoms with van der Waals surface area (Å²) in [6, 6.07) is 3.74. The molecule has 24 heavy (non-hydrogen) atoms. The van der Waals surface area contributed by atoms with Crippen molar-refractivity contribution in [1.82, 2.24) is 4.57 Å². The third-order valence-corrected chi connectivity index (χ3v) is 4.05. The molecule has 0 saturated heterocycles. The number of nitrogens with one attached hydrogen (secondary N) is 1. The number of hydrogen-bond donors (Lipinski definition) is 3. The molecule has 3 rings (SSSR count). The summed E-state index contributed by atoms with van der Waals surface area (Å²) in [6.45, 7) is 6.05. The van der Waals surface area contributed by atoms with Crippen LogP contribution in [0.5, 0.6) is 11.6 Å². The zero-order chi connectivity index (χ0) is 16.9. The lowest BCUT2D eigenvalue weighted by molar-refractivity contribution is 0.362. The van der Waals surface area contributed by atoms with Gasteiger partial charge in [-0.1, -0.05) is 6.08 Å². The summed E-state index contributed by atoms with van der Waals surface area (Å²) >= 11 is 0. The molecule has 0 aliphatic carbocycles. The lowest BCUT2D eigenvalue weighted by Crippen LogP contribution is -2.26. The maximum atomic E-state index is 10.7. The number of aromatic nitrogens is 1.